The topological polar surface area (TPSA) is 62.6 Å². The van der Waals surface area contributed by atoms with Crippen LogP contribution >= 0.6 is 0 Å². The van der Waals surface area contributed by atoms with Gasteiger partial charge in [0.05, 0.1) is 19.9 Å². The zero-order valence-corrected chi connectivity index (χ0v) is 10.7. The van der Waals surface area contributed by atoms with Crippen LogP contribution in [0.15, 0.2) is 36.8 Å². The molecule has 0 aliphatic rings. The van der Waals surface area contributed by atoms with Crippen LogP contribution in [0.3, 0.4) is 0 Å². The molecule has 0 atom stereocenters. The van der Waals surface area contributed by atoms with Crippen molar-refractivity contribution in [1.29, 1.82) is 0 Å². The van der Waals surface area contributed by atoms with E-state index in [1.165, 1.54) is 0 Å². The molecule has 2 aromatic rings. The summed E-state index contributed by atoms with van der Waals surface area (Å²) in [6.45, 7) is 1.97. The smallest absolute Gasteiger partial charge is 0.497 e. The van der Waals surface area contributed by atoms with Crippen molar-refractivity contribution in [3.63, 3.8) is 0 Å². The summed E-state index contributed by atoms with van der Waals surface area (Å²) in [6, 6.07) is 7.41. The largest absolute Gasteiger partial charge is 0.515 e. The molecule has 0 unspecified atom stereocenters. The molecule has 0 bridgehead atoms. The van der Waals surface area contributed by atoms with Crippen LogP contribution in [0.25, 0.3) is 5.69 Å². The summed E-state index contributed by atoms with van der Waals surface area (Å²) in [5.74, 6) is 0.959. The van der Waals surface area contributed by atoms with Gasteiger partial charge in [-0.25, -0.2) is 9.78 Å². The Morgan fingerprint density at radius 3 is 2.68 bits per heavy atom. The Morgan fingerprint density at radius 2 is 2.05 bits per heavy atom. The third kappa shape index (κ3) is 3.25. The molecule has 100 valence electrons. The number of nitrogens with zero attached hydrogens (tertiary/aromatic N) is 2. The highest BCUT2D eigenvalue weighted by molar-refractivity contribution is 5.62. The van der Waals surface area contributed by atoms with E-state index in [4.69, 9.17) is 9.47 Å². The number of aromatic nitrogens is 2. The van der Waals surface area contributed by atoms with Crippen molar-refractivity contribution in [3.05, 3.63) is 36.8 Å². The van der Waals surface area contributed by atoms with Crippen LogP contribution in [0.2, 0.25) is 0 Å². The van der Waals surface area contributed by atoms with Crippen molar-refractivity contribution >= 4 is 6.16 Å². The Morgan fingerprint density at radius 1 is 1.32 bits per heavy atom. The third-order valence-corrected chi connectivity index (χ3v) is 2.38. The number of imidazole rings is 1. The zero-order chi connectivity index (χ0) is 13.7. The highest BCUT2D eigenvalue weighted by Gasteiger charge is 2.08. The summed E-state index contributed by atoms with van der Waals surface area (Å²) in [7, 11) is 1.61. The van der Waals surface area contributed by atoms with Gasteiger partial charge in [-0.3, -0.25) is 0 Å². The average Bonchev–Trinajstić information content (AvgIpc) is 2.87. The van der Waals surface area contributed by atoms with E-state index in [2.05, 4.69) is 9.72 Å². The number of carbonyl (C=O) groups is 1. The van der Waals surface area contributed by atoms with Gasteiger partial charge in [-0.15, -0.1) is 0 Å². The predicted octanol–water partition coefficient (Wildman–Crippen LogP) is 2.42. The van der Waals surface area contributed by atoms with E-state index in [1.54, 1.807) is 31.1 Å². The molecular formula is C13H14N2O4. The minimum absolute atomic E-state index is 0.189. The molecular weight excluding hydrogens is 248 g/mol. The SMILES string of the molecule is CCOC(=O)Oc1cn(-c2ccc(OC)cc2)cn1. The van der Waals surface area contributed by atoms with Crippen LogP contribution in [0.5, 0.6) is 11.6 Å². The van der Waals surface area contributed by atoms with Crippen LogP contribution in [0.4, 0.5) is 4.79 Å². The first kappa shape index (κ1) is 12.9. The fraction of sp³-hybridized carbons (Fsp3) is 0.231. The van der Waals surface area contributed by atoms with Crippen LogP contribution in [0, 0.1) is 0 Å². The highest BCUT2D eigenvalue weighted by atomic mass is 16.7. The second-order valence-corrected chi connectivity index (χ2v) is 3.60. The normalized spacial score (nSPS) is 10.0. The molecule has 1 aromatic heterocycles. The summed E-state index contributed by atoms with van der Waals surface area (Å²) in [5, 5.41) is 0. The first-order chi connectivity index (χ1) is 9.22. The van der Waals surface area contributed by atoms with Gasteiger partial charge < -0.3 is 18.8 Å². The molecule has 0 aliphatic heterocycles. The van der Waals surface area contributed by atoms with Crippen molar-refractivity contribution in [2.24, 2.45) is 0 Å². The summed E-state index contributed by atoms with van der Waals surface area (Å²) >= 11 is 0. The van der Waals surface area contributed by atoms with Crippen LogP contribution < -0.4 is 9.47 Å². The van der Waals surface area contributed by atoms with Crippen molar-refractivity contribution in [2.75, 3.05) is 13.7 Å². The van der Waals surface area contributed by atoms with Gasteiger partial charge >= 0.3 is 6.16 Å². The van der Waals surface area contributed by atoms with Crippen molar-refractivity contribution < 1.29 is 19.0 Å². The molecule has 0 amide bonds. The molecule has 0 aliphatic carbocycles. The van der Waals surface area contributed by atoms with E-state index in [1.807, 2.05) is 24.3 Å². The number of benzene rings is 1. The van der Waals surface area contributed by atoms with E-state index in [0.717, 1.165) is 11.4 Å². The minimum Gasteiger partial charge on any atom is -0.497 e. The van der Waals surface area contributed by atoms with Gasteiger partial charge in [0.15, 0.2) is 0 Å². The first-order valence-corrected chi connectivity index (χ1v) is 5.76. The Balaban J connectivity index is 2.09. The molecule has 1 heterocycles. The summed E-state index contributed by atoms with van der Waals surface area (Å²) in [4.78, 5) is 15.1. The molecule has 2 rings (SSSR count). The van der Waals surface area contributed by atoms with Gasteiger partial charge in [0.2, 0.25) is 5.88 Å². The number of hydrogen-bond acceptors (Lipinski definition) is 5. The Labute approximate surface area is 110 Å². The number of carbonyl (C=O) groups excluding carboxylic acids is 1. The van der Waals surface area contributed by atoms with Crippen LogP contribution in [-0.4, -0.2) is 29.4 Å². The zero-order valence-electron chi connectivity index (χ0n) is 10.7. The van der Waals surface area contributed by atoms with Gasteiger partial charge in [0.25, 0.3) is 0 Å². The molecule has 0 radical (unpaired) electrons. The van der Waals surface area contributed by atoms with Gasteiger partial charge in [0.1, 0.15) is 12.1 Å². The lowest BCUT2D eigenvalue weighted by atomic mass is 10.3. The van der Waals surface area contributed by atoms with Crippen LogP contribution in [0.1, 0.15) is 6.92 Å². The molecule has 6 heteroatoms. The first-order valence-electron chi connectivity index (χ1n) is 5.76. The summed E-state index contributed by atoms with van der Waals surface area (Å²) < 4.78 is 16.4. The molecule has 0 fully saturated rings. The fourth-order valence-corrected chi connectivity index (χ4v) is 1.49. The lowest BCUT2D eigenvalue weighted by Gasteiger charge is -2.03. The number of methoxy groups -OCH3 is 1. The maximum absolute atomic E-state index is 11.1. The monoisotopic (exact) mass is 262 g/mol. The van der Waals surface area contributed by atoms with E-state index < -0.39 is 6.16 Å². The summed E-state index contributed by atoms with van der Waals surface area (Å²) in [5.41, 5.74) is 0.881. The molecule has 0 saturated heterocycles. The Kier molecular flexibility index (Phi) is 4.02. The molecule has 0 spiro atoms. The Bertz CT molecular complexity index is 548. The van der Waals surface area contributed by atoms with E-state index in [0.29, 0.717) is 0 Å². The average molecular weight is 262 g/mol. The lowest BCUT2D eigenvalue weighted by Crippen LogP contribution is -2.10. The molecule has 0 N–H and O–H groups in total. The van der Waals surface area contributed by atoms with E-state index in [-0.39, 0.29) is 12.5 Å². The molecule has 19 heavy (non-hydrogen) atoms. The standard InChI is InChI=1S/C13H14N2O4/c1-3-18-13(16)19-12-8-15(9-14-12)10-4-6-11(17-2)7-5-10/h4-9H,3H2,1-2H3. The second kappa shape index (κ2) is 5.90. The van der Waals surface area contributed by atoms with E-state index >= 15 is 0 Å². The second-order valence-electron chi connectivity index (χ2n) is 3.60. The van der Waals surface area contributed by atoms with Crippen molar-refractivity contribution in [3.8, 4) is 17.3 Å². The Hall–Kier alpha value is -2.50. The maximum Gasteiger partial charge on any atom is 0.515 e. The lowest BCUT2D eigenvalue weighted by molar-refractivity contribution is 0.103. The number of ether oxygens (including phenoxy) is 3. The predicted molar refractivity (Wildman–Crippen MR) is 67.8 cm³/mol. The van der Waals surface area contributed by atoms with Gasteiger partial charge in [-0.05, 0) is 31.2 Å². The maximum atomic E-state index is 11.1. The van der Waals surface area contributed by atoms with Crippen molar-refractivity contribution in [1.82, 2.24) is 9.55 Å². The van der Waals surface area contributed by atoms with Crippen molar-refractivity contribution in [2.45, 2.75) is 6.92 Å². The minimum atomic E-state index is -0.762. The van der Waals surface area contributed by atoms with Gasteiger partial charge in [0, 0.05) is 5.69 Å². The molecule has 1 aromatic carbocycles. The molecule has 0 saturated carbocycles. The van der Waals surface area contributed by atoms with Crippen LogP contribution in [-0.2, 0) is 4.74 Å². The molecule has 6 nitrogen and oxygen atoms in total. The fourth-order valence-electron chi connectivity index (χ4n) is 1.49. The number of hydrogen-bond donors (Lipinski definition) is 0. The van der Waals surface area contributed by atoms with E-state index in [9.17, 15) is 4.79 Å². The summed E-state index contributed by atoms with van der Waals surface area (Å²) in [6.07, 6.45) is 2.39. The quantitative estimate of drug-likeness (QED) is 0.792. The third-order valence-electron chi connectivity index (χ3n) is 2.38. The number of rotatable bonds is 4. The van der Waals surface area contributed by atoms with Gasteiger partial charge in [-0.1, -0.05) is 0 Å². The van der Waals surface area contributed by atoms with Gasteiger partial charge in [-0.2, -0.15) is 0 Å². The highest BCUT2D eigenvalue weighted by Crippen LogP contribution is 2.17.